The van der Waals surface area contributed by atoms with E-state index in [2.05, 4.69) is 24.5 Å². The Bertz CT molecular complexity index is 185. The van der Waals surface area contributed by atoms with E-state index in [1.165, 1.54) is 0 Å². The first kappa shape index (κ1) is 14.4. The Morgan fingerprint density at radius 2 is 1.87 bits per heavy atom. The second kappa shape index (κ2) is 6.83. The second-order valence-corrected chi connectivity index (χ2v) is 5.07. The van der Waals surface area contributed by atoms with Gasteiger partial charge in [-0.25, -0.2) is 0 Å². The Labute approximate surface area is 94.0 Å². The highest BCUT2D eigenvalue weighted by Gasteiger charge is 2.14. The predicted molar refractivity (Wildman–Crippen MR) is 64.9 cm³/mol. The number of nitrogens with one attached hydrogen (secondary N) is 2. The minimum atomic E-state index is -0.134. The molecule has 3 nitrogen and oxygen atoms in total. The summed E-state index contributed by atoms with van der Waals surface area (Å²) in [5.41, 5.74) is -0.134. The molecule has 0 aromatic heterocycles. The molecule has 1 unspecified atom stereocenters. The number of carbonyl (C=O) groups is 1. The first-order valence-electron chi connectivity index (χ1n) is 5.93. The van der Waals surface area contributed by atoms with Crippen molar-refractivity contribution in [3.63, 3.8) is 0 Å². The van der Waals surface area contributed by atoms with E-state index in [9.17, 15) is 4.79 Å². The van der Waals surface area contributed by atoms with Gasteiger partial charge < -0.3 is 10.6 Å². The van der Waals surface area contributed by atoms with E-state index in [1.54, 1.807) is 0 Å². The summed E-state index contributed by atoms with van der Waals surface area (Å²) in [6.07, 6.45) is 3.38. The van der Waals surface area contributed by atoms with Crippen molar-refractivity contribution in [2.24, 2.45) is 0 Å². The molecule has 0 saturated carbocycles. The molecule has 2 N–H and O–H groups in total. The van der Waals surface area contributed by atoms with E-state index >= 15 is 0 Å². The van der Waals surface area contributed by atoms with Crippen LogP contribution in [0.3, 0.4) is 0 Å². The first-order valence-corrected chi connectivity index (χ1v) is 5.93. The fourth-order valence-corrected chi connectivity index (χ4v) is 1.50. The molecule has 0 spiro atoms. The van der Waals surface area contributed by atoms with E-state index in [0.717, 1.165) is 19.3 Å². The topological polar surface area (TPSA) is 41.1 Å². The summed E-state index contributed by atoms with van der Waals surface area (Å²) in [5, 5.41) is 6.22. The van der Waals surface area contributed by atoms with Gasteiger partial charge in [-0.2, -0.15) is 0 Å². The van der Waals surface area contributed by atoms with Crippen molar-refractivity contribution in [1.82, 2.24) is 10.6 Å². The average Bonchev–Trinajstić information content (AvgIpc) is 2.09. The van der Waals surface area contributed by atoms with Gasteiger partial charge in [0.15, 0.2) is 0 Å². The predicted octanol–water partition coefficient (Wildman–Crippen LogP) is 2.07. The van der Waals surface area contributed by atoms with Crippen LogP contribution in [0.15, 0.2) is 0 Å². The van der Waals surface area contributed by atoms with Crippen LogP contribution < -0.4 is 10.6 Å². The average molecular weight is 214 g/mol. The molecule has 0 aliphatic rings. The molecule has 0 fully saturated rings. The molecule has 0 aromatic rings. The number of hydrogen-bond acceptors (Lipinski definition) is 2. The second-order valence-electron chi connectivity index (χ2n) is 5.07. The zero-order valence-electron chi connectivity index (χ0n) is 10.8. The molecule has 0 aliphatic heterocycles. The molecule has 0 rings (SSSR count). The molecule has 0 aromatic carbocycles. The van der Waals surface area contributed by atoms with Crippen LogP contribution in [0.25, 0.3) is 0 Å². The SMILES string of the molecule is CCCC(CC)NCC(=O)NC(C)(C)C. The van der Waals surface area contributed by atoms with Gasteiger partial charge in [0.25, 0.3) is 0 Å². The van der Waals surface area contributed by atoms with Gasteiger partial charge in [0, 0.05) is 11.6 Å². The Morgan fingerprint density at radius 1 is 1.27 bits per heavy atom. The number of carbonyl (C=O) groups excluding carboxylic acids is 1. The van der Waals surface area contributed by atoms with Gasteiger partial charge in [0.1, 0.15) is 0 Å². The highest BCUT2D eigenvalue weighted by atomic mass is 16.2. The van der Waals surface area contributed by atoms with Crippen molar-refractivity contribution < 1.29 is 4.79 Å². The van der Waals surface area contributed by atoms with Crippen LogP contribution >= 0.6 is 0 Å². The molecule has 0 saturated heterocycles. The summed E-state index contributed by atoms with van der Waals surface area (Å²) in [7, 11) is 0. The summed E-state index contributed by atoms with van der Waals surface area (Å²) in [6, 6.07) is 0.473. The number of amides is 1. The van der Waals surface area contributed by atoms with Gasteiger partial charge in [0.05, 0.1) is 6.54 Å². The largest absolute Gasteiger partial charge is 0.350 e. The van der Waals surface area contributed by atoms with E-state index in [1.807, 2.05) is 20.8 Å². The van der Waals surface area contributed by atoms with Crippen molar-refractivity contribution in [2.75, 3.05) is 6.54 Å². The number of hydrogen-bond donors (Lipinski definition) is 2. The van der Waals surface area contributed by atoms with Gasteiger partial charge in [0.2, 0.25) is 5.91 Å². The van der Waals surface area contributed by atoms with Gasteiger partial charge in [-0.05, 0) is 33.6 Å². The third-order valence-corrected chi connectivity index (χ3v) is 2.20. The Hall–Kier alpha value is -0.570. The fourth-order valence-electron chi connectivity index (χ4n) is 1.50. The quantitative estimate of drug-likeness (QED) is 0.710. The normalized spacial score (nSPS) is 13.7. The van der Waals surface area contributed by atoms with Gasteiger partial charge in [-0.3, -0.25) is 4.79 Å². The third-order valence-electron chi connectivity index (χ3n) is 2.20. The van der Waals surface area contributed by atoms with Crippen molar-refractivity contribution in [1.29, 1.82) is 0 Å². The van der Waals surface area contributed by atoms with Gasteiger partial charge >= 0.3 is 0 Å². The van der Waals surface area contributed by atoms with Crippen LogP contribution in [0.4, 0.5) is 0 Å². The molecular weight excluding hydrogens is 188 g/mol. The van der Waals surface area contributed by atoms with Crippen LogP contribution in [0.2, 0.25) is 0 Å². The zero-order valence-corrected chi connectivity index (χ0v) is 10.8. The first-order chi connectivity index (χ1) is 6.89. The van der Waals surface area contributed by atoms with Gasteiger partial charge in [-0.1, -0.05) is 20.3 Å². The highest BCUT2D eigenvalue weighted by Crippen LogP contribution is 2.01. The molecule has 15 heavy (non-hydrogen) atoms. The minimum absolute atomic E-state index is 0.0806. The summed E-state index contributed by atoms with van der Waals surface area (Å²) in [5.74, 6) is 0.0806. The fraction of sp³-hybridized carbons (Fsp3) is 0.917. The molecule has 1 amide bonds. The van der Waals surface area contributed by atoms with Crippen molar-refractivity contribution in [2.45, 2.75) is 65.5 Å². The number of rotatable bonds is 6. The molecule has 1 atom stereocenters. The minimum Gasteiger partial charge on any atom is -0.350 e. The molecule has 90 valence electrons. The Kier molecular flexibility index (Phi) is 6.57. The molecule has 0 heterocycles. The summed E-state index contributed by atoms with van der Waals surface area (Å²) in [4.78, 5) is 11.5. The van der Waals surface area contributed by atoms with Crippen LogP contribution in [0.1, 0.15) is 53.9 Å². The summed E-state index contributed by atoms with van der Waals surface area (Å²) in [6.45, 7) is 10.7. The lowest BCUT2D eigenvalue weighted by atomic mass is 10.1. The highest BCUT2D eigenvalue weighted by molar-refractivity contribution is 5.78. The maximum absolute atomic E-state index is 11.5. The standard InChI is InChI=1S/C12H26N2O/c1-6-8-10(7-2)13-9-11(15)14-12(3,4)5/h10,13H,6-9H2,1-5H3,(H,14,15). The maximum Gasteiger partial charge on any atom is 0.234 e. The lowest BCUT2D eigenvalue weighted by Crippen LogP contribution is -2.46. The van der Waals surface area contributed by atoms with E-state index < -0.39 is 0 Å². The molecule has 0 bridgehead atoms. The van der Waals surface area contributed by atoms with Gasteiger partial charge in [-0.15, -0.1) is 0 Å². The molecule has 0 aliphatic carbocycles. The zero-order chi connectivity index (χ0) is 11.9. The monoisotopic (exact) mass is 214 g/mol. The lowest BCUT2D eigenvalue weighted by Gasteiger charge is -2.22. The van der Waals surface area contributed by atoms with Crippen molar-refractivity contribution in [3.05, 3.63) is 0 Å². The van der Waals surface area contributed by atoms with Crippen LogP contribution in [0.5, 0.6) is 0 Å². The van der Waals surface area contributed by atoms with Crippen LogP contribution in [-0.4, -0.2) is 24.0 Å². The Morgan fingerprint density at radius 3 is 2.27 bits per heavy atom. The lowest BCUT2D eigenvalue weighted by molar-refractivity contribution is -0.121. The van der Waals surface area contributed by atoms with E-state index in [4.69, 9.17) is 0 Å². The van der Waals surface area contributed by atoms with E-state index in [0.29, 0.717) is 12.6 Å². The Balaban J connectivity index is 3.78. The summed E-state index contributed by atoms with van der Waals surface area (Å²) < 4.78 is 0. The molecule has 0 radical (unpaired) electrons. The smallest absolute Gasteiger partial charge is 0.234 e. The molecule has 3 heteroatoms. The van der Waals surface area contributed by atoms with E-state index in [-0.39, 0.29) is 11.4 Å². The molecular formula is C12H26N2O. The van der Waals surface area contributed by atoms with Crippen LogP contribution in [-0.2, 0) is 4.79 Å². The van der Waals surface area contributed by atoms with Crippen molar-refractivity contribution >= 4 is 5.91 Å². The maximum atomic E-state index is 11.5. The van der Waals surface area contributed by atoms with Crippen molar-refractivity contribution in [3.8, 4) is 0 Å². The summed E-state index contributed by atoms with van der Waals surface area (Å²) >= 11 is 0. The third kappa shape index (κ3) is 8.43. The van der Waals surface area contributed by atoms with Crippen LogP contribution in [0, 0.1) is 0 Å².